The lowest BCUT2D eigenvalue weighted by Crippen LogP contribution is -3.00. The Morgan fingerprint density at radius 1 is 1.40 bits per heavy atom. The fourth-order valence-electron chi connectivity index (χ4n) is 0.744. The van der Waals surface area contributed by atoms with Gasteiger partial charge in [0.15, 0.2) is 0 Å². The van der Waals surface area contributed by atoms with E-state index >= 15 is 0 Å². The quantitative estimate of drug-likeness (QED) is 0.461. The molecule has 0 saturated heterocycles. The second-order valence-electron chi connectivity index (χ2n) is 3.94. The molecule has 0 fully saturated rings. The molecular formula is C11H25ClN2O. The van der Waals surface area contributed by atoms with E-state index in [1.807, 2.05) is 0 Å². The highest BCUT2D eigenvalue weighted by Crippen LogP contribution is 1.99. The number of amides is 1. The highest BCUT2D eigenvalue weighted by atomic mass is 35.5. The van der Waals surface area contributed by atoms with Gasteiger partial charge in [-0.25, -0.2) is 0 Å². The summed E-state index contributed by atoms with van der Waals surface area (Å²) in [6.07, 6.45) is 3.74. The Balaban J connectivity index is -0.000000208. The third kappa shape index (κ3) is 19.8. The molecular weight excluding hydrogens is 212 g/mol. The van der Waals surface area contributed by atoms with E-state index in [4.69, 9.17) is 0 Å². The van der Waals surface area contributed by atoms with Crippen LogP contribution < -0.4 is 18.1 Å². The van der Waals surface area contributed by atoms with Gasteiger partial charge in [-0.2, -0.15) is 0 Å². The standard InChI is InChI=1S/C8H20N.C3H5NO.ClH/c1-5-7-8-9(3,4)6-2;1-2-3(4)5;/h5-8H2,1-4H3;2H,1H2,(H2,4,5);1H/q+1;;/p-1. The Bertz CT molecular complexity index is 170. The predicted octanol–water partition coefficient (Wildman–Crippen LogP) is -1.46. The van der Waals surface area contributed by atoms with Crippen LogP contribution in [0.5, 0.6) is 0 Å². The van der Waals surface area contributed by atoms with E-state index in [1.54, 1.807) is 0 Å². The van der Waals surface area contributed by atoms with E-state index in [0.29, 0.717) is 0 Å². The van der Waals surface area contributed by atoms with Crippen LogP contribution in [-0.4, -0.2) is 37.6 Å². The highest BCUT2D eigenvalue weighted by molar-refractivity contribution is 5.84. The molecule has 3 nitrogen and oxygen atoms in total. The van der Waals surface area contributed by atoms with Gasteiger partial charge < -0.3 is 22.6 Å². The van der Waals surface area contributed by atoms with Crippen LogP contribution in [0.15, 0.2) is 12.7 Å². The molecule has 0 bridgehead atoms. The average Bonchev–Trinajstić information content (AvgIpc) is 2.16. The molecule has 15 heavy (non-hydrogen) atoms. The lowest BCUT2D eigenvalue weighted by molar-refractivity contribution is -0.888. The molecule has 0 heterocycles. The molecule has 0 aromatic rings. The lowest BCUT2D eigenvalue weighted by Gasteiger charge is -2.27. The van der Waals surface area contributed by atoms with Crippen molar-refractivity contribution in [2.45, 2.75) is 26.7 Å². The largest absolute Gasteiger partial charge is 1.00 e. The van der Waals surface area contributed by atoms with Crippen molar-refractivity contribution in [3.8, 4) is 0 Å². The van der Waals surface area contributed by atoms with E-state index in [9.17, 15) is 4.79 Å². The van der Waals surface area contributed by atoms with Gasteiger partial charge in [-0.1, -0.05) is 19.9 Å². The summed E-state index contributed by atoms with van der Waals surface area (Å²) in [6, 6.07) is 0. The van der Waals surface area contributed by atoms with E-state index in [-0.39, 0.29) is 12.4 Å². The van der Waals surface area contributed by atoms with Crippen molar-refractivity contribution < 1.29 is 21.7 Å². The SMILES string of the molecule is C=CC(N)=O.CCCC[N+](C)(C)CC.[Cl-]. The van der Waals surface area contributed by atoms with Crippen LogP contribution in [-0.2, 0) is 4.79 Å². The molecule has 0 aliphatic rings. The maximum absolute atomic E-state index is 9.47. The van der Waals surface area contributed by atoms with E-state index in [1.165, 1.54) is 30.4 Å². The Morgan fingerprint density at radius 2 is 1.80 bits per heavy atom. The molecule has 1 amide bonds. The Morgan fingerprint density at radius 3 is 2.00 bits per heavy atom. The molecule has 4 heteroatoms. The topological polar surface area (TPSA) is 43.1 Å². The minimum atomic E-state index is -0.481. The summed E-state index contributed by atoms with van der Waals surface area (Å²) in [7, 11) is 4.57. The minimum Gasteiger partial charge on any atom is -1.00 e. The van der Waals surface area contributed by atoms with Crippen molar-refractivity contribution in [1.82, 2.24) is 0 Å². The number of rotatable bonds is 5. The first-order chi connectivity index (χ1) is 6.39. The third-order valence-corrected chi connectivity index (χ3v) is 2.17. The molecule has 0 saturated carbocycles. The zero-order chi connectivity index (χ0) is 11.6. The average molecular weight is 237 g/mol. The number of quaternary nitrogens is 1. The number of primary amides is 1. The molecule has 0 aromatic heterocycles. The van der Waals surface area contributed by atoms with Crippen LogP contribution in [0.25, 0.3) is 0 Å². The van der Waals surface area contributed by atoms with Crippen molar-refractivity contribution in [2.24, 2.45) is 5.73 Å². The monoisotopic (exact) mass is 236 g/mol. The Kier molecular flexibility index (Phi) is 15.3. The van der Waals surface area contributed by atoms with Crippen LogP contribution in [0.3, 0.4) is 0 Å². The second kappa shape index (κ2) is 11.5. The number of carbonyl (C=O) groups excluding carboxylic acids is 1. The third-order valence-electron chi connectivity index (χ3n) is 2.17. The highest BCUT2D eigenvalue weighted by Gasteiger charge is 2.08. The van der Waals surface area contributed by atoms with Gasteiger partial charge in [-0.15, -0.1) is 0 Å². The van der Waals surface area contributed by atoms with Crippen molar-refractivity contribution in [3.63, 3.8) is 0 Å². The number of nitrogens with zero attached hydrogens (tertiary/aromatic N) is 1. The van der Waals surface area contributed by atoms with Crippen LogP contribution in [0.4, 0.5) is 0 Å². The van der Waals surface area contributed by atoms with Gasteiger partial charge in [0.05, 0.1) is 27.2 Å². The summed E-state index contributed by atoms with van der Waals surface area (Å²) in [4.78, 5) is 9.47. The van der Waals surface area contributed by atoms with E-state index < -0.39 is 5.91 Å². The van der Waals surface area contributed by atoms with Gasteiger partial charge in [0, 0.05) is 0 Å². The molecule has 0 radical (unpaired) electrons. The van der Waals surface area contributed by atoms with Gasteiger partial charge in [0.1, 0.15) is 0 Å². The number of unbranched alkanes of at least 4 members (excludes halogenated alkanes) is 1. The van der Waals surface area contributed by atoms with Crippen molar-refractivity contribution in [1.29, 1.82) is 0 Å². The van der Waals surface area contributed by atoms with Crippen molar-refractivity contribution in [2.75, 3.05) is 27.2 Å². The number of halogens is 1. The van der Waals surface area contributed by atoms with Gasteiger partial charge >= 0.3 is 0 Å². The molecule has 0 rings (SSSR count). The van der Waals surface area contributed by atoms with E-state index in [2.05, 4.69) is 40.3 Å². The molecule has 0 atom stereocenters. The van der Waals surface area contributed by atoms with Gasteiger partial charge in [-0.05, 0) is 19.4 Å². The summed E-state index contributed by atoms with van der Waals surface area (Å²) in [5.74, 6) is -0.481. The molecule has 0 aliphatic heterocycles. The van der Waals surface area contributed by atoms with Crippen LogP contribution >= 0.6 is 0 Å². The Hall–Kier alpha value is -0.540. The molecule has 92 valence electrons. The normalized spacial score (nSPS) is 9.33. The van der Waals surface area contributed by atoms with Crippen molar-refractivity contribution in [3.05, 3.63) is 12.7 Å². The van der Waals surface area contributed by atoms with E-state index in [0.717, 1.165) is 6.08 Å². The number of carbonyl (C=O) groups is 1. The molecule has 0 aliphatic carbocycles. The molecule has 2 N–H and O–H groups in total. The maximum Gasteiger partial charge on any atom is 0.240 e. The molecule has 0 aromatic carbocycles. The van der Waals surface area contributed by atoms with Gasteiger partial charge in [0.2, 0.25) is 5.91 Å². The van der Waals surface area contributed by atoms with Gasteiger partial charge in [-0.3, -0.25) is 4.79 Å². The fraction of sp³-hybridized carbons (Fsp3) is 0.727. The van der Waals surface area contributed by atoms with Crippen LogP contribution in [0.2, 0.25) is 0 Å². The summed E-state index contributed by atoms with van der Waals surface area (Å²) in [5.41, 5.74) is 4.53. The molecule has 0 unspecified atom stereocenters. The summed E-state index contributed by atoms with van der Waals surface area (Å²) in [6.45, 7) is 10.2. The number of nitrogens with two attached hydrogens (primary N) is 1. The maximum atomic E-state index is 9.47. The zero-order valence-electron chi connectivity index (χ0n) is 10.4. The summed E-state index contributed by atoms with van der Waals surface area (Å²) < 4.78 is 1.17. The first-order valence-corrected chi connectivity index (χ1v) is 5.13. The lowest BCUT2D eigenvalue weighted by atomic mass is 10.3. The first-order valence-electron chi connectivity index (χ1n) is 5.13. The van der Waals surface area contributed by atoms with Crippen molar-refractivity contribution >= 4 is 5.91 Å². The van der Waals surface area contributed by atoms with Gasteiger partial charge in [0.25, 0.3) is 0 Å². The Labute approximate surface area is 100 Å². The smallest absolute Gasteiger partial charge is 0.240 e. The second-order valence-corrected chi connectivity index (χ2v) is 3.94. The number of hydrogen-bond donors (Lipinski definition) is 1. The first kappa shape index (κ1) is 19.9. The predicted molar refractivity (Wildman–Crippen MR) is 61.8 cm³/mol. The van der Waals surface area contributed by atoms with Crippen LogP contribution in [0, 0.1) is 0 Å². The number of hydrogen-bond acceptors (Lipinski definition) is 1. The fourth-order valence-corrected chi connectivity index (χ4v) is 0.744. The molecule has 0 spiro atoms. The summed E-state index contributed by atoms with van der Waals surface area (Å²) >= 11 is 0. The summed E-state index contributed by atoms with van der Waals surface area (Å²) in [5, 5.41) is 0. The minimum absolute atomic E-state index is 0. The zero-order valence-corrected chi connectivity index (χ0v) is 11.2. The van der Waals surface area contributed by atoms with Crippen LogP contribution in [0.1, 0.15) is 26.7 Å².